The quantitative estimate of drug-likeness (QED) is 0.818. The van der Waals surface area contributed by atoms with Crippen molar-refractivity contribution in [3.05, 3.63) is 24.3 Å². The highest BCUT2D eigenvalue weighted by Crippen LogP contribution is 2.21. The molecule has 0 atom stereocenters. The van der Waals surface area contributed by atoms with Gasteiger partial charge in [0.1, 0.15) is 0 Å². The normalized spacial score (nSPS) is 10.9. The van der Waals surface area contributed by atoms with Crippen LogP contribution in [0.4, 0.5) is 11.4 Å². The molecular weight excluding hydrogens is 246 g/mol. The molecule has 1 aromatic carbocycles. The maximum Gasteiger partial charge on any atom is 0.236 e. The van der Waals surface area contributed by atoms with Gasteiger partial charge in [-0.15, -0.1) is 0 Å². The minimum absolute atomic E-state index is 0.184. The lowest BCUT2D eigenvalue weighted by atomic mass is 9.92. The second-order valence-electron chi connectivity index (χ2n) is 4.89. The largest absolute Gasteiger partial charge is 0.392 e. The summed E-state index contributed by atoms with van der Waals surface area (Å²) in [5.74, 6) is -0.203. The number of carbonyl (C=O) groups excluding carboxylic acids is 1. The van der Waals surface area contributed by atoms with E-state index < -0.39 is 5.41 Å². The number of nitrogens with zero attached hydrogens (tertiary/aromatic N) is 1. The molecule has 0 aliphatic rings. The zero-order valence-electron chi connectivity index (χ0n) is 11.2. The Bertz CT molecular complexity index is 469. The number of nitrogens with one attached hydrogen (secondary N) is 1. The van der Waals surface area contributed by atoms with Crippen LogP contribution < -0.4 is 16.0 Å². The lowest BCUT2D eigenvalue weighted by molar-refractivity contribution is -0.121. The van der Waals surface area contributed by atoms with Crippen molar-refractivity contribution in [2.45, 2.75) is 13.8 Å². The lowest BCUT2D eigenvalue weighted by Gasteiger charge is -2.22. The Morgan fingerprint density at radius 1 is 1.39 bits per heavy atom. The third-order valence-corrected chi connectivity index (χ3v) is 3.31. The van der Waals surface area contributed by atoms with Crippen molar-refractivity contribution in [3.8, 4) is 0 Å². The number of thiocarbonyl (C=S) groups is 1. The highest BCUT2D eigenvalue weighted by atomic mass is 32.1. The number of carbonyl (C=O) groups is 1. The molecule has 1 rings (SSSR count). The van der Waals surface area contributed by atoms with Crippen molar-refractivity contribution >= 4 is 34.5 Å². The van der Waals surface area contributed by atoms with Crippen LogP contribution in [0.2, 0.25) is 0 Å². The van der Waals surface area contributed by atoms with Crippen LogP contribution in [0.1, 0.15) is 13.8 Å². The Morgan fingerprint density at radius 2 is 2.00 bits per heavy atom. The van der Waals surface area contributed by atoms with Gasteiger partial charge in [0.25, 0.3) is 0 Å². The van der Waals surface area contributed by atoms with Crippen LogP contribution in [0, 0.1) is 5.41 Å². The van der Waals surface area contributed by atoms with E-state index in [0.717, 1.165) is 11.4 Å². The lowest BCUT2D eigenvalue weighted by Crippen LogP contribution is -2.41. The Balaban J connectivity index is 2.89. The SMILES string of the molecule is CN(C)c1cccc(NC(=O)C(C)(C)C(N)=S)c1. The minimum atomic E-state index is -0.858. The van der Waals surface area contributed by atoms with Crippen LogP contribution in [0.3, 0.4) is 0 Å². The number of hydrogen-bond acceptors (Lipinski definition) is 3. The summed E-state index contributed by atoms with van der Waals surface area (Å²) in [6.07, 6.45) is 0. The first kappa shape index (κ1) is 14.4. The molecule has 1 aromatic rings. The maximum atomic E-state index is 12.1. The summed E-state index contributed by atoms with van der Waals surface area (Å²) < 4.78 is 0. The summed E-state index contributed by atoms with van der Waals surface area (Å²) >= 11 is 4.90. The molecular formula is C13H19N3OS. The summed E-state index contributed by atoms with van der Waals surface area (Å²) in [7, 11) is 3.89. The zero-order valence-corrected chi connectivity index (χ0v) is 12.0. The second kappa shape index (κ2) is 5.35. The number of amides is 1. The highest BCUT2D eigenvalue weighted by Gasteiger charge is 2.30. The molecule has 5 heteroatoms. The summed E-state index contributed by atoms with van der Waals surface area (Å²) in [6, 6.07) is 7.58. The Hall–Kier alpha value is -1.62. The summed E-state index contributed by atoms with van der Waals surface area (Å²) in [5, 5.41) is 2.83. The van der Waals surface area contributed by atoms with Gasteiger partial charge < -0.3 is 16.0 Å². The van der Waals surface area contributed by atoms with Gasteiger partial charge in [-0.3, -0.25) is 4.79 Å². The van der Waals surface area contributed by atoms with Crippen molar-refractivity contribution in [2.24, 2.45) is 11.1 Å². The first-order valence-electron chi connectivity index (χ1n) is 5.64. The van der Waals surface area contributed by atoms with E-state index in [4.69, 9.17) is 18.0 Å². The number of hydrogen-bond donors (Lipinski definition) is 2. The molecule has 3 N–H and O–H groups in total. The molecule has 0 aliphatic heterocycles. The van der Waals surface area contributed by atoms with Crippen molar-refractivity contribution in [1.82, 2.24) is 0 Å². The monoisotopic (exact) mass is 265 g/mol. The van der Waals surface area contributed by atoms with E-state index in [1.54, 1.807) is 13.8 Å². The molecule has 0 saturated heterocycles. The predicted octanol–water partition coefficient (Wildman–Crippen LogP) is 2.00. The fourth-order valence-corrected chi connectivity index (χ4v) is 1.35. The van der Waals surface area contributed by atoms with Crippen molar-refractivity contribution in [1.29, 1.82) is 0 Å². The molecule has 18 heavy (non-hydrogen) atoms. The fraction of sp³-hybridized carbons (Fsp3) is 0.385. The maximum absolute atomic E-state index is 12.1. The van der Waals surface area contributed by atoms with Gasteiger partial charge in [-0.05, 0) is 32.0 Å². The summed E-state index contributed by atoms with van der Waals surface area (Å²) in [4.78, 5) is 14.2. The standard InChI is InChI=1S/C13H19N3OS/c1-13(2,11(14)18)12(17)15-9-6-5-7-10(8-9)16(3)4/h5-8H,1-4H3,(H2,14,18)(H,15,17). The van der Waals surface area contributed by atoms with E-state index in [2.05, 4.69) is 5.32 Å². The third kappa shape index (κ3) is 3.20. The van der Waals surface area contributed by atoms with Crippen LogP contribution in [0.5, 0.6) is 0 Å². The van der Waals surface area contributed by atoms with Crippen molar-refractivity contribution in [2.75, 3.05) is 24.3 Å². The average molecular weight is 265 g/mol. The Morgan fingerprint density at radius 3 is 2.50 bits per heavy atom. The molecule has 0 radical (unpaired) electrons. The van der Waals surface area contributed by atoms with Gasteiger partial charge in [0, 0.05) is 25.5 Å². The number of rotatable bonds is 4. The third-order valence-electron chi connectivity index (χ3n) is 2.80. The van der Waals surface area contributed by atoms with E-state index in [-0.39, 0.29) is 10.9 Å². The van der Waals surface area contributed by atoms with Crippen LogP contribution in [0.15, 0.2) is 24.3 Å². The summed E-state index contributed by atoms with van der Waals surface area (Å²) in [6.45, 7) is 3.42. The molecule has 0 unspecified atom stereocenters. The summed E-state index contributed by atoms with van der Waals surface area (Å²) in [5.41, 5.74) is 6.45. The van der Waals surface area contributed by atoms with Gasteiger partial charge >= 0.3 is 0 Å². The van der Waals surface area contributed by atoms with Crippen molar-refractivity contribution < 1.29 is 4.79 Å². The van der Waals surface area contributed by atoms with E-state index in [9.17, 15) is 4.79 Å². The average Bonchev–Trinajstić information content (AvgIpc) is 2.28. The van der Waals surface area contributed by atoms with Gasteiger partial charge in [0.05, 0.1) is 10.4 Å². The molecule has 1 amide bonds. The molecule has 0 spiro atoms. The van der Waals surface area contributed by atoms with Crippen LogP contribution in [-0.2, 0) is 4.79 Å². The number of anilines is 2. The molecule has 98 valence electrons. The number of benzene rings is 1. The predicted molar refractivity (Wildman–Crippen MR) is 80.0 cm³/mol. The van der Waals surface area contributed by atoms with Crippen LogP contribution >= 0.6 is 12.2 Å². The molecule has 0 heterocycles. The first-order chi connectivity index (χ1) is 8.25. The second-order valence-corrected chi connectivity index (χ2v) is 5.33. The van der Waals surface area contributed by atoms with Gasteiger partial charge in [0.15, 0.2) is 0 Å². The zero-order chi connectivity index (χ0) is 13.9. The van der Waals surface area contributed by atoms with Gasteiger partial charge in [0.2, 0.25) is 5.91 Å². The molecule has 4 nitrogen and oxygen atoms in total. The smallest absolute Gasteiger partial charge is 0.236 e. The van der Waals surface area contributed by atoms with Gasteiger partial charge in [-0.25, -0.2) is 0 Å². The Kier molecular flexibility index (Phi) is 4.29. The van der Waals surface area contributed by atoms with Crippen LogP contribution in [-0.4, -0.2) is 25.0 Å². The van der Waals surface area contributed by atoms with Gasteiger partial charge in [-0.1, -0.05) is 18.3 Å². The molecule has 0 aliphatic carbocycles. The molecule has 0 fully saturated rings. The van der Waals surface area contributed by atoms with Crippen molar-refractivity contribution in [3.63, 3.8) is 0 Å². The molecule has 0 aromatic heterocycles. The molecule has 0 saturated carbocycles. The van der Waals surface area contributed by atoms with E-state index in [1.807, 2.05) is 43.3 Å². The van der Waals surface area contributed by atoms with Crippen LogP contribution in [0.25, 0.3) is 0 Å². The topological polar surface area (TPSA) is 58.4 Å². The highest BCUT2D eigenvalue weighted by molar-refractivity contribution is 7.80. The molecule has 0 bridgehead atoms. The van der Waals surface area contributed by atoms with Gasteiger partial charge in [-0.2, -0.15) is 0 Å². The first-order valence-corrected chi connectivity index (χ1v) is 6.04. The Labute approximate surface area is 113 Å². The minimum Gasteiger partial charge on any atom is -0.392 e. The van der Waals surface area contributed by atoms with E-state index in [1.165, 1.54) is 0 Å². The van der Waals surface area contributed by atoms with E-state index >= 15 is 0 Å². The van der Waals surface area contributed by atoms with E-state index in [0.29, 0.717) is 0 Å². The fourth-order valence-electron chi connectivity index (χ4n) is 1.26. The number of nitrogens with two attached hydrogens (primary N) is 1.